The van der Waals surface area contributed by atoms with Crippen LogP contribution in [0.25, 0.3) is 65.5 Å². The summed E-state index contributed by atoms with van der Waals surface area (Å²) in [4.78, 5) is 15.9. The third-order valence-corrected chi connectivity index (χ3v) is 7.01. The van der Waals surface area contributed by atoms with Gasteiger partial charge in [0, 0.05) is 16.3 Å². The van der Waals surface area contributed by atoms with Gasteiger partial charge in [0.25, 0.3) is 5.56 Å². The highest BCUT2D eigenvalue weighted by Gasteiger charge is 2.17. The second-order valence-corrected chi connectivity index (χ2v) is 8.97. The Balaban J connectivity index is 1.61. The second-order valence-electron chi connectivity index (χ2n) is 8.97. The molecule has 35 heavy (non-hydrogen) atoms. The summed E-state index contributed by atoms with van der Waals surface area (Å²) in [6.07, 6.45) is 0. The zero-order chi connectivity index (χ0) is 23.4. The summed E-state index contributed by atoms with van der Waals surface area (Å²) >= 11 is 0. The molecule has 2 nitrogen and oxygen atoms in total. The number of pyridine rings is 1. The van der Waals surface area contributed by atoms with Gasteiger partial charge in [-0.25, -0.2) is 0 Å². The van der Waals surface area contributed by atoms with Crippen LogP contribution in [0, 0.1) is 0 Å². The van der Waals surface area contributed by atoms with E-state index < -0.39 is 0 Å². The van der Waals surface area contributed by atoms with Gasteiger partial charge in [0.15, 0.2) is 0 Å². The van der Waals surface area contributed by atoms with Crippen molar-refractivity contribution >= 4 is 43.2 Å². The Morgan fingerprint density at radius 1 is 0.400 bits per heavy atom. The van der Waals surface area contributed by atoms with Crippen LogP contribution in [0.15, 0.2) is 126 Å². The van der Waals surface area contributed by atoms with E-state index in [1.807, 2.05) is 24.3 Å². The Morgan fingerprint density at radius 3 is 1.49 bits per heavy atom. The van der Waals surface area contributed by atoms with Crippen molar-refractivity contribution in [1.29, 1.82) is 0 Å². The van der Waals surface area contributed by atoms with E-state index in [0.29, 0.717) is 0 Å². The largest absolute Gasteiger partial charge is 0.321 e. The van der Waals surface area contributed by atoms with Crippen LogP contribution in [0.5, 0.6) is 0 Å². The summed E-state index contributed by atoms with van der Waals surface area (Å²) in [5.74, 6) is 0. The Bertz CT molecular complexity index is 1910. The van der Waals surface area contributed by atoms with Crippen molar-refractivity contribution in [2.45, 2.75) is 0 Å². The number of aromatic nitrogens is 1. The lowest BCUT2D eigenvalue weighted by Crippen LogP contribution is -2.06. The number of hydrogen-bond acceptors (Lipinski definition) is 1. The van der Waals surface area contributed by atoms with Crippen molar-refractivity contribution in [1.82, 2.24) is 4.98 Å². The zero-order valence-electron chi connectivity index (χ0n) is 19.0. The Labute approximate surface area is 202 Å². The van der Waals surface area contributed by atoms with Crippen LogP contribution in [0.3, 0.4) is 0 Å². The van der Waals surface area contributed by atoms with E-state index in [2.05, 4.69) is 102 Å². The van der Waals surface area contributed by atoms with Gasteiger partial charge in [0.1, 0.15) is 0 Å². The summed E-state index contributed by atoms with van der Waals surface area (Å²) in [5.41, 5.74) is 5.54. The van der Waals surface area contributed by atoms with Crippen LogP contribution < -0.4 is 5.56 Å². The fourth-order valence-corrected chi connectivity index (χ4v) is 5.50. The lowest BCUT2D eigenvalue weighted by Gasteiger charge is -2.18. The second kappa shape index (κ2) is 7.68. The van der Waals surface area contributed by atoms with Gasteiger partial charge in [0.05, 0.1) is 0 Å². The Kier molecular flexibility index (Phi) is 4.33. The highest BCUT2D eigenvalue weighted by atomic mass is 16.1. The summed E-state index contributed by atoms with van der Waals surface area (Å²) in [7, 11) is 0. The van der Waals surface area contributed by atoms with E-state index in [9.17, 15) is 4.79 Å². The van der Waals surface area contributed by atoms with Crippen LogP contribution in [0.2, 0.25) is 0 Å². The molecule has 0 aliphatic carbocycles. The van der Waals surface area contributed by atoms with Gasteiger partial charge in [-0.05, 0) is 61.3 Å². The molecular weight excluding hydrogens is 426 g/mol. The first kappa shape index (κ1) is 19.7. The topological polar surface area (TPSA) is 32.9 Å². The van der Waals surface area contributed by atoms with Gasteiger partial charge in [-0.3, -0.25) is 4.79 Å². The number of rotatable bonds is 2. The molecule has 1 heterocycles. The lowest BCUT2D eigenvalue weighted by atomic mass is 9.86. The minimum absolute atomic E-state index is 0.0561. The van der Waals surface area contributed by atoms with Crippen LogP contribution in [0.1, 0.15) is 0 Å². The van der Waals surface area contributed by atoms with Crippen molar-refractivity contribution in [2.24, 2.45) is 0 Å². The molecule has 0 unspecified atom stereocenters. The third kappa shape index (κ3) is 3.00. The number of hydrogen-bond donors (Lipinski definition) is 1. The summed E-state index contributed by atoms with van der Waals surface area (Å²) in [6, 6.07) is 42.1. The lowest BCUT2D eigenvalue weighted by molar-refractivity contribution is 1.34. The quantitative estimate of drug-likeness (QED) is 0.210. The molecule has 7 aromatic rings. The fraction of sp³-hybridized carbons (Fsp3) is 0. The Morgan fingerprint density at radius 2 is 0.886 bits per heavy atom. The Hall–Kier alpha value is -4.69. The van der Waals surface area contributed by atoms with Gasteiger partial charge in [-0.15, -0.1) is 0 Å². The van der Waals surface area contributed by atoms with Crippen LogP contribution in [0.4, 0.5) is 0 Å². The molecule has 0 saturated heterocycles. The van der Waals surface area contributed by atoms with Crippen molar-refractivity contribution in [3.63, 3.8) is 0 Å². The predicted octanol–water partition coefficient (Wildman–Crippen LogP) is 8.32. The van der Waals surface area contributed by atoms with E-state index in [1.165, 1.54) is 38.2 Å². The molecule has 0 spiro atoms. The minimum atomic E-state index is -0.0561. The maximum Gasteiger partial charge on any atom is 0.256 e. The van der Waals surface area contributed by atoms with Crippen molar-refractivity contribution in [2.75, 3.05) is 0 Å². The van der Waals surface area contributed by atoms with Crippen LogP contribution >= 0.6 is 0 Å². The number of H-pyrrole nitrogens is 1. The molecule has 0 aliphatic heterocycles. The third-order valence-electron chi connectivity index (χ3n) is 7.01. The van der Waals surface area contributed by atoms with E-state index in [4.69, 9.17) is 0 Å². The molecule has 164 valence electrons. The molecule has 2 heteroatoms. The van der Waals surface area contributed by atoms with Crippen molar-refractivity contribution in [3.05, 3.63) is 132 Å². The number of nitrogens with one attached hydrogen (secondary N) is 1. The molecule has 0 fully saturated rings. The molecule has 7 rings (SSSR count). The smallest absolute Gasteiger partial charge is 0.256 e. The van der Waals surface area contributed by atoms with E-state index in [1.54, 1.807) is 0 Å². The van der Waals surface area contributed by atoms with Gasteiger partial charge in [-0.1, -0.05) is 109 Å². The van der Waals surface area contributed by atoms with Gasteiger partial charge in [0.2, 0.25) is 0 Å². The van der Waals surface area contributed by atoms with Crippen molar-refractivity contribution in [3.8, 4) is 22.3 Å². The minimum Gasteiger partial charge on any atom is -0.321 e. The van der Waals surface area contributed by atoms with Crippen LogP contribution in [-0.2, 0) is 0 Å². The first-order valence-corrected chi connectivity index (χ1v) is 11.8. The highest BCUT2D eigenvalue weighted by Crippen LogP contribution is 2.43. The SMILES string of the molecule is O=c1[nH]c2cc(-c3c4ccccc4c(-c4ccccc4)c4ccccc34)ccc2c2ccccc12. The first-order chi connectivity index (χ1) is 17.3. The van der Waals surface area contributed by atoms with Gasteiger partial charge in [-0.2, -0.15) is 0 Å². The zero-order valence-corrected chi connectivity index (χ0v) is 19.0. The van der Waals surface area contributed by atoms with E-state index in [-0.39, 0.29) is 5.56 Å². The average Bonchev–Trinajstić information content (AvgIpc) is 2.92. The maximum atomic E-state index is 12.8. The van der Waals surface area contributed by atoms with Crippen molar-refractivity contribution < 1.29 is 0 Å². The van der Waals surface area contributed by atoms with E-state index in [0.717, 1.165) is 27.2 Å². The van der Waals surface area contributed by atoms with Gasteiger partial charge < -0.3 is 4.98 Å². The number of benzene rings is 6. The molecular formula is C33H21NO. The first-order valence-electron chi connectivity index (χ1n) is 11.8. The maximum absolute atomic E-state index is 12.8. The highest BCUT2D eigenvalue weighted by molar-refractivity contribution is 6.22. The van der Waals surface area contributed by atoms with Gasteiger partial charge >= 0.3 is 0 Å². The molecule has 0 radical (unpaired) electrons. The molecule has 0 bridgehead atoms. The molecule has 1 aromatic heterocycles. The standard InChI is InChI=1S/C33H21NO/c35-33-29-17-9-4-12-23(29)24-19-18-22(20-30(24)34-33)32-27-15-7-5-13-25(27)31(21-10-2-1-3-11-21)26-14-6-8-16-28(26)32/h1-20H,(H,34,35). The fourth-order valence-electron chi connectivity index (χ4n) is 5.50. The summed E-state index contributed by atoms with van der Waals surface area (Å²) in [5, 5.41) is 7.60. The molecule has 0 saturated carbocycles. The number of aromatic amines is 1. The molecule has 0 amide bonds. The summed E-state index contributed by atoms with van der Waals surface area (Å²) < 4.78 is 0. The van der Waals surface area contributed by atoms with E-state index >= 15 is 0 Å². The molecule has 0 atom stereocenters. The summed E-state index contributed by atoms with van der Waals surface area (Å²) in [6.45, 7) is 0. The molecule has 0 aliphatic rings. The monoisotopic (exact) mass is 447 g/mol. The number of fused-ring (bicyclic) bond motifs is 5. The van der Waals surface area contributed by atoms with Crippen LogP contribution in [-0.4, -0.2) is 4.98 Å². The molecule has 1 N–H and O–H groups in total. The normalized spacial score (nSPS) is 11.5. The average molecular weight is 448 g/mol. The predicted molar refractivity (Wildman–Crippen MR) is 148 cm³/mol. The molecule has 6 aromatic carbocycles.